The number of aromatic nitrogens is 6. The number of aliphatic hydroxyl groups excluding tert-OH is 3. The largest absolute Gasteiger partial charge is 0.396 e. The Morgan fingerprint density at radius 1 is 0.571 bits per heavy atom. The maximum absolute atomic E-state index is 14.4. The number of carbonyl (C=O) groups excluding carboxylic acids is 1. The summed E-state index contributed by atoms with van der Waals surface area (Å²) in [6, 6.07) is 43.8. The first-order valence-electron chi connectivity index (χ1n) is 35.3. The van der Waals surface area contributed by atoms with Crippen molar-refractivity contribution >= 4 is 66.8 Å². The number of hydrogen-bond donors (Lipinski definition) is 4. The maximum atomic E-state index is 14.4. The van der Waals surface area contributed by atoms with Gasteiger partial charge in [0.05, 0.1) is 57.6 Å². The van der Waals surface area contributed by atoms with Gasteiger partial charge >= 0.3 is 0 Å². The highest BCUT2D eigenvalue weighted by Crippen LogP contribution is 2.44. The number of carbonyl (C=O) groups is 1. The molecule has 1 saturated carbocycles. The quantitative estimate of drug-likeness (QED) is 0.0804. The van der Waals surface area contributed by atoms with Crippen molar-refractivity contribution in [1.82, 2.24) is 28.2 Å². The third kappa shape index (κ3) is 15.0. The molecule has 15 nitrogen and oxygen atoms in total. The lowest BCUT2D eigenvalue weighted by atomic mass is 9.93. The third-order valence-corrected chi connectivity index (χ3v) is 21.2. The predicted molar refractivity (Wildman–Crippen MR) is 419 cm³/mol. The fourth-order valence-corrected chi connectivity index (χ4v) is 14.8. The first-order chi connectivity index (χ1) is 50.4. The van der Waals surface area contributed by atoms with E-state index in [1.54, 1.807) is 30.6 Å². The molecule has 7 aromatic carbocycles. The van der Waals surface area contributed by atoms with Crippen molar-refractivity contribution in [2.75, 3.05) is 13.2 Å². The van der Waals surface area contributed by atoms with Crippen molar-refractivity contribution in [3.63, 3.8) is 0 Å². The molecule has 0 saturated heterocycles. The topological polar surface area (TPSA) is 225 Å². The molecule has 1 aliphatic rings. The molecule has 1 aliphatic carbocycles. The summed E-state index contributed by atoms with van der Waals surface area (Å²) in [7, 11) is 0. The number of nitrogens with two attached hydrogens (primary N) is 1. The van der Waals surface area contributed by atoms with E-state index in [1.165, 1.54) is 45.1 Å². The summed E-state index contributed by atoms with van der Waals surface area (Å²) in [6.45, 7) is 31.8. The lowest BCUT2D eigenvalue weighted by Crippen LogP contribution is -2.20. The minimum atomic E-state index is -0.479. The van der Waals surface area contributed by atoms with E-state index in [9.17, 15) is 40.3 Å². The van der Waals surface area contributed by atoms with E-state index < -0.39 is 11.7 Å². The molecule has 105 heavy (non-hydrogen) atoms. The summed E-state index contributed by atoms with van der Waals surface area (Å²) < 4.78 is 23.1. The molecule has 0 spiro atoms. The monoisotopic (exact) mass is 1410 g/mol. The molecule has 17 heteroatoms. The number of fused-ring (bicyclic) bond motifs is 4. The Balaban J connectivity index is 0.000000140. The zero-order valence-corrected chi connectivity index (χ0v) is 62.0. The average Bonchev–Trinajstić information content (AvgIpc) is 1.65. The highest BCUT2D eigenvalue weighted by Gasteiger charge is 2.27. The Hall–Kier alpha value is -11.5. The van der Waals surface area contributed by atoms with E-state index in [2.05, 4.69) is 137 Å². The standard InChI is InChI=1S/C23H17ClN4O.C23H23FN2O.C22H24N2O.C20H21N3O/c1-13-8-21-17(9-20(13)26-3)19(18-11-27-10-14(2)22(18)24)12-28(21)16-6-4-15(5-7-16)23(25)29;1-14-4-3-5-19(15(14)2)21-13-26(17-6-8-18(27)9-7-17)23-11-22(24)16(12-25)10-20(21)23;1-14-7-5-8-19(16(14)3)22-17(4)24(9-6-10-25)21-11-15(2)18(13-23)12-20(21)22;1-13-7-17(12-22-11-13)20-15(3)23(5-4-6-24)19-8-14(2)16(10-21)9-18(19)20/h4-12H,1-2H3,(H2,25,29);3-5,10-11,13,17-18,27H,6-9H2,1-2H3;5,7-8,11-12,25H,6,9-10H2,1-4H3;7-9,11-12,24H,4-6H2,1-3H3. The average molecular weight is 1420 g/mol. The van der Waals surface area contributed by atoms with E-state index in [4.69, 9.17) is 23.9 Å². The predicted octanol–water partition coefficient (Wildman–Crippen LogP) is 19.7. The molecule has 5 N–H and O–H groups in total. The highest BCUT2D eigenvalue weighted by molar-refractivity contribution is 6.34. The molecular formula is C88H85ClFN11O4. The van der Waals surface area contributed by atoms with Gasteiger partial charge in [0.15, 0.2) is 5.69 Å². The van der Waals surface area contributed by atoms with Crippen molar-refractivity contribution in [2.45, 2.75) is 140 Å². The molecule has 0 aliphatic heterocycles. The van der Waals surface area contributed by atoms with Crippen molar-refractivity contribution in [3.8, 4) is 68.4 Å². The van der Waals surface area contributed by atoms with Crippen LogP contribution in [0, 0.1) is 123 Å². The van der Waals surface area contributed by atoms with Crippen molar-refractivity contribution < 1.29 is 24.5 Å². The smallest absolute Gasteiger partial charge is 0.248 e. The molecular weight excluding hydrogens is 1330 g/mol. The molecule has 1 amide bonds. The number of aryl methyl sites for hydroxylation is 9. The Kier molecular flexibility index (Phi) is 22.8. The number of primary amides is 1. The summed E-state index contributed by atoms with van der Waals surface area (Å²) in [5.74, 6) is -0.947. The van der Waals surface area contributed by atoms with Crippen LogP contribution >= 0.6 is 11.6 Å². The van der Waals surface area contributed by atoms with Gasteiger partial charge in [-0.2, -0.15) is 15.8 Å². The van der Waals surface area contributed by atoms with Gasteiger partial charge in [-0.15, -0.1) is 0 Å². The van der Waals surface area contributed by atoms with E-state index in [1.807, 2.05) is 106 Å². The number of nitrogens with zero attached hydrogens (tertiary/aromatic N) is 10. The van der Waals surface area contributed by atoms with Crippen LogP contribution < -0.4 is 5.73 Å². The lowest BCUT2D eigenvalue weighted by Gasteiger charge is -2.27. The molecule has 0 unspecified atom stereocenters. The van der Waals surface area contributed by atoms with Crippen LogP contribution in [0.25, 0.3) is 98.7 Å². The van der Waals surface area contributed by atoms with Crippen LogP contribution in [0.4, 0.5) is 10.1 Å². The number of hydrogen-bond acceptors (Lipinski definition) is 9. The molecule has 6 aromatic heterocycles. The number of rotatable bonds is 13. The summed E-state index contributed by atoms with van der Waals surface area (Å²) in [5, 5.41) is 61.1. The summed E-state index contributed by atoms with van der Waals surface area (Å²) in [4.78, 5) is 23.7. The summed E-state index contributed by atoms with van der Waals surface area (Å²) in [5.41, 5.74) is 33.3. The number of nitriles is 3. The normalized spacial score (nSPS) is 13.3. The first-order valence-corrected chi connectivity index (χ1v) is 35.6. The lowest BCUT2D eigenvalue weighted by molar-refractivity contribution is 0.1000. The molecule has 0 bridgehead atoms. The van der Waals surface area contributed by atoms with Gasteiger partial charge in [0.1, 0.15) is 11.9 Å². The van der Waals surface area contributed by atoms with Gasteiger partial charge in [0.2, 0.25) is 5.91 Å². The molecule has 1 fully saturated rings. The molecule has 530 valence electrons. The van der Waals surface area contributed by atoms with Crippen LogP contribution in [-0.2, 0) is 13.1 Å². The number of halogens is 2. The van der Waals surface area contributed by atoms with Crippen LogP contribution in [0.2, 0.25) is 5.02 Å². The van der Waals surface area contributed by atoms with Crippen molar-refractivity contribution in [1.29, 1.82) is 15.8 Å². The van der Waals surface area contributed by atoms with Gasteiger partial charge < -0.3 is 39.3 Å². The minimum Gasteiger partial charge on any atom is -0.396 e. The number of amides is 1. The van der Waals surface area contributed by atoms with Gasteiger partial charge in [0, 0.05) is 153 Å². The van der Waals surface area contributed by atoms with Crippen LogP contribution in [0.3, 0.4) is 0 Å². The van der Waals surface area contributed by atoms with Gasteiger partial charge in [-0.25, -0.2) is 9.24 Å². The molecule has 6 heterocycles. The fraction of sp³-hybridized carbons (Fsp3) is 0.261. The molecule has 0 atom stereocenters. The Labute approximate surface area is 617 Å². The second-order valence-corrected chi connectivity index (χ2v) is 27.9. The SMILES string of the molecule is Cc1cc2c(cc1C#N)c(-c1cccc(C)c1C)c(C)n2CCCO.Cc1cccc(-c2cn(C3CCC(O)CC3)c3cc(F)c(C#N)cc23)c1C.Cc1cncc(-c2c(C)n(CCCO)c3cc(C)c(C#N)cc23)c1.[C-]#[N+]c1cc2c(-c3cncc(C)c3Cl)cn(-c3ccc(C(N)=O)cc3)c2cc1C. The molecule has 0 radical (unpaired) electrons. The zero-order valence-electron chi connectivity index (χ0n) is 61.2. The molecule has 13 aromatic rings. The molecule has 14 rings (SSSR count). The zero-order chi connectivity index (χ0) is 75.2. The Bertz CT molecular complexity index is 5700. The Morgan fingerprint density at radius 2 is 1.10 bits per heavy atom. The summed E-state index contributed by atoms with van der Waals surface area (Å²) >= 11 is 6.58. The van der Waals surface area contributed by atoms with Crippen molar-refractivity contribution in [2.24, 2.45) is 5.73 Å². The van der Waals surface area contributed by atoms with Gasteiger partial charge in [-0.05, 0) is 260 Å². The summed E-state index contributed by atoms with van der Waals surface area (Å²) in [6.07, 6.45) is 15.7. The van der Waals surface area contributed by atoms with Crippen LogP contribution in [-0.4, -0.2) is 68.8 Å². The van der Waals surface area contributed by atoms with E-state index in [0.29, 0.717) is 28.3 Å². The first kappa shape index (κ1) is 74.7. The van der Waals surface area contributed by atoms with E-state index in [0.717, 1.165) is 167 Å². The number of aliphatic hydroxyl groups is 3. The van der Waals surface area contributed by atoms with E-state index in [-0.39, 0.29) is 30.9 Å². The fourth-order valence-electron chi connectivity index (χ4n) is 14.6. The van der Waals surface area contributed by atoms with E-state index >= 15 is 0 Å². The highest BCUT2D eigenvalue weighted by atomic mass is 35.5. The third-order valence-electron chi connectivity index (χ3n) is 20.7. The number of pyridine rings is 2. The van der Waals surface area contributed by atoms with Crippen molar-refractivity contribution in [3.05, 3.63) is 258 Å². The van der Waals surface area contributed by atoms with Gasteiger partial charge in [-0.3, -0.25) is 14.8 Å². The maximum Gasteiger partial charge on any atom is 0.248 e. The van der Waals surface area contributed by atoms with Crippen LogP contribution in [0.1, 0.15) is 133 Å². The second-order valence-electron chi connectivity index (χ2n) is 27.5. The van der Waals surface area contributed by atoms with Gasteiger partial charge in [0.25, 0.3) is 0 Å². The number of benzene rings is 7. The Morgan fingerprint density at radius 3 is 1.68 bits per heavy atom. The minimum absolute atomic E-state index is 0.0749. The second kappa shape index (κ2) is 32.0. The van der Waals surface area contributed by atoms with Crippen LogP contribution in [0.5, 0.6) is 0 Å². The van der Waals surface area contributed by atoms with Crippen LogP contribution in [0.15, 0.2) is 152 Å². The van der Waals surface area contributed by atoms with Gasteiger partial charge in [-0.1, -0.05) is 48.0 Å².